The molecule has 0 fully saturated rings. The van der Waals surface area contributed by atoms with E-state index in [1.807, 2.05) is 55.5 Å². The fourth-order valence-corrected chi connectivity index (χ4v) is 5.12. The summed E-state index contributed by atoms with van der Waals surface area (Å²) in [5, 5.41) is 6.33. The van der Waals surface area contributed by atoms with Gasteiger partial charge in [-0.15, -0.1) is 0 Å². The second kappa shape index (κ2) is 10.4. The maximum atomic E-state index is 13.6. The van der Waals surface area contributed by atoms with Crippen LogP contribution in [0.4, 0.5) is 15.8 Å². The Kier molecular flexibility index (Phi) is 6.87. The molecule has 1 heterocycles. The number of hydrogen-bond acceptors (Lipinski definition) is 4. The number of benzene rings is 4. The van der Waals surface area contributed by atoms with Gasteiger partial charge in [0.2, 0.25) is 0 Å². The fourth-order valence-electron chi connectivity index (χ4n) is 4.11. The summed E-state index contributed by atoms with van der Waals surface area (Å²) in [4.78, 5) is 20.1. The van der Waals surface area contributed by atoms with Crippen LogP contribution < -0.4 is 10.6 Å². The van der Waals surface area contributed by atoms with Crippen molar-refractivity contribution in [1.82, 2.24) is 5.32 Å². The molecule has 2 N–H and O–H groups in total. The normalized spacial score (nSPS) is 13.0. The number of amides is 1. The SMILES string of the molecule is CCc1ccc(NC(C)NC(=O)c2ccc3c(c2)N=C(c2ccc(F)cc2)c2ccccc2S3)cc1. The highest BCUT2D eigenvalue weighted by molar-refractivity contribution is 7.99. The predicted octanol–water partition coefficient (Wildman–Crippen LogP) is 7.21. The first kappa shape index (κ1) is 23.8. The van der Waals surface area contributed by atoms with Crippen LogP contribution in [0.25, 0.3) is 0 Å². The number of hydrogen-bond donors (Lipinski definition) is 2. The predicted molar refractivity (Wildman–Crippen MR) is 145 cm³/mol. The van der Waals surface area contributed by atoms with Gasteiger partial charge in [0.25, 0.3) is 5.91 Å². The van der Waals surface area contributed by atoms with E-state index < -0.39 is 0 Å². The molecule has 1 atom stereocenters. The van der Waals surface area contributed by atoms with E-state index in [0.29, 0.717) is 11.3 Å². The summed E-state index contributed by atoms with van der Waals surface area (Å²) in [7, 11) is 0. The zero-order chi connectivity index (χ0) is 25.1. The maximum Gasteiger partial charge on any atom is 0.252 e. The van der Waals surface area contributed by atoms with Crippen LogP contribution in [0.2, 0.25) is 0 Å². The molecule has 0 radical (unpaired) electrons. The molecule has 0 aromatic heterocycles. The molecule has 4 aromatic carbocycles. The lowest BCUT2D eigenvalue weighted by atomic mass is 10.0. The molecule has 0 aliphatic carbocycles. The number of anilines is 1. The average molecular weight is 496 g/mol. The van der Waals surface area contributed by atoms with Gasteiger partial charge in [0.05, 0.1) is 17.6 Å². The van der Waals surface area contributed by atoms with Crippen molar-refractivity contribution in [2.75, 3.05) is 5.32 Å². The van der Waals surface area contributed by atoms with Gasteiger partial charge in [-0.1, -0.05) is 49.0 Å². The van der Waals surface area contributed by atoms with Gasteiger partial charge in [0, 0.05) is 32.2 Å². The van der Waals surface area contributed by atoms with Gasteiger partial charge in [-0.05, 0) is 79.6 Å². The first-order valence-corrected chi connectivity index (χ1v) is 12.7. The van der Waals surface area contributed by atoms with Gasteiger partial charge in [-0.3, -0.25) is 4.79 Å². The summed E-state index contributed by atoms with van der Waals surface area (Å²) in [5.41, 5.74) is 5.99. The number of aryl methyl sites for hydroxylation is 1. The monoisotopic (exact) mass is 495 g/mol. The third-order valence-corrected chi connectivity index (χ3v) is 7.17. The van der Waals surface area contributed by atoms with Crippen LogP contribution in [0, 0.1) is 5.82 Å². The molecule has 1 unspecified atom stereocenters. The van der Waals surface area contributed by atoms with Crippen LogP contribution in [0.1, 0.15) is 40.9 Å². The summed E-state index contributed by atoms with van der Waals surface area (Å²) in [6, 6.07) is 28.1. The van der Waals surface area contributed by atoms with Gasteiger partial charge in [-0.2, -0.15) is 0 Å². The molecule has 5 rings (SSSR count). The zero-order valence-electron chi connectivity index (χ0n) is 20.1. The second-order valence-electron chi connectivity index (χ2n) is 8.64. The third kappa shape index (κ3) is 5.19. The Labute approximate surface area is 214 Å². The molecule has 6 heteroatoms. The van der Waals surface area contributed by atoms with Crippen molar-refractivity contribution in [2.45, 2.75) is 36.2 Å². The van der Waals surface area contributed by atoms with Crippen LogP contribution in [0.15, 0.2) is 106 Å². The number of nitrogens with one attached hydrogen (secondary N) is 2. The zero-order valence-corrected chi connectivity index (χ0v) is 20.9. The number of carbonyl (C=O) groups excluding carboxylic acids is 1. The van der Waals surface area contributed by atoms with Crippen LogP contribution in [0.3, 0.4) is 0 Å². The first-order chi connectivity index (χ1) is 17.5. The largest absolute Gasteiger partial charge is 0.366 e. The molecule has 180 valence electrons. The lowest BCUT2D eigenvalue weighted by Crippen LogP contribution is -2.38. The minimum absolute atomic E-state index is 0.187. The van der Waals surface area contributed by atoms with Crippen molar-refractivity contribution in [1.29, 1.82) is 0 Å². The Morgan fingerprint density at radius 1 is 0.944 bits per heavy atom. The number of nitrogens with zero attached hydrogens (tertiary/aromatic N) is 1. The third-order valence-electron chi connectivity index (χ3n) is 6.03. The van der Waals surface area contributed by atoms with Gasteiger partial charge >= 0.3 is 0 Å². The van der Waals surface area contributed by atoms with Crippen LogP contribution >= 0.6 is 11.8 Å². The van der Waals surface area contributed by atoms with Gasteiger partial charge in [0.1, 0.15) is 5.82 Å². The van der Waals surface area contributed by atoms with E-state index in [1.54, 1.807) is 23.9 Å². The molecule has 0 saturated heterocycles. The van der Waals surface area contributed by atoms with Crippen molar-refractivity contribution in [3.63, 3.8) is 0 Å². The first-order valence-electron chi connectivity index (χ1n) is 11.9. The van der Waals surface area contributed by atoms with Gasteiger partial charge < -0.3 is 10.6 Å². The van der Waals surface area contributed by atoms with Crippen molar-refractivity contribution >= 4 is 34.8 Å². The molecule has 1 aliphatic heterocycles. The quantitative estimate of drug-likeness (QED) is 0.245. The van der Waals surface area contributed by atoms with Crippen molar-refractivity contribution in [3.05, 3.63) is 119 Å². The van der Waals surface area contributed by atoms with Crippen LogP contribution in [-0.4, -0.2) is 17.8 Å². The lowest BCUT2D eigenvalue weighted by molar-refractivity contribution is 0.0944. The number of halogens is 1. The highest BCUT2D eigenvalue weighted by Gasteiger charge is 2.20. The Morgan fingerprint density at radius 2 is 1.69 bits per heavy atom. The second-order valence-corrected chi connectivity index (χ2v) is 9.72. The number of fused-ring (bicyclic) bond motifs is 2. The van der Waals surface area contributed by atoms with E-state index in [9.17, 15) is 9.18 Å². The molecule has 36 heavy (non-hydrogen) atoms. The Hall–Kier alpha value is -3.90. The summed E-state index contributed by atoms with van der Waals surface area (Å²) in [6.45, 7) is 4.03. The van der Waals surface area contributed by atoms with Crippen molar-refractivity contribution < 1.29 is 9.18 Å². The molecule has 0 spiro atoms. The van der Waals surface area contributed by atoms with Gasteiger partial charge in [0.15, 0.2) is 0 Å². The van der Waals surface area contributed by atoms with Crippen molar-refractivity contribution in [2.24, 2.45) is 4.99 Å². The van der Waals surface area contributed by atoms with Gasteiger partial charge in [-0.25, -0.2) is 9.38 Å². The summed E-state index contributed by atoms with van der Waals surface area (Å²) < 4.78 is 13.6. The maximum absolute atomic E-state index is 13.6. The Balaban J connectivity index is 1.42. The summed E-state index contributed by atoms with van der Waals surface area (Å²) in [6.07, 6.45) is 0.722. The van der Waals surface area contributed by atoms with E-state index in [-0.39, 0.29) is 17.9 Å². The molecular weight excluding hydrogens is 469 g/mol. The lowest BCUT2D eigenvalue weighted by Gasteiger charge is -2.17. The van der Waals surface area contributed by atoms with E-state index in [0.717, 1.165) is 38.7 Å². The molecule has 4 aromatic rings. The minimum atomic E-state index is -0.293. The van der Waals surface area contributed by atoms with Crippen LogP contribution in [0.5, 0.6) is 0 Å². The van der Waals surface area contributed by atoms with E-state index in [2.05, 4.69) is 35.8 Å². The average Bonchev–Trinajstić information content (AvgIpc) is 3.06. The highest BCUT2D eigenvalue weighted by atomic mass is 32.2. The molecule has 1 amide bonds. The number of rotatable bonds is 6. The highest BCUT2D eigenvalue weighted by Crippen LogP contribution is 2.41. The fraction of sp³-hybridized carbons (Fsp3) is 0.133. The smallest absolute Gasteiger partial charge is 0.252 e. The van der Waals surface area contributed by atoms with Crippen LogP contribution in [-0.2, 0) is 6.42 Å². The van der Waals surface area contributed by atoms with E-state index in [1.165, 1.54) is 17.7 Å². The number of aliphatic imine (C=N–C) groups is 1. The summed E-state index contributed by atoms with van der Waals surface area (Å²) >= 11 is 1.61. The van der Waals surface area contributed by atoms with Crippen molar-refractivity contribution in [3.8, 4) is 0 Å². The molecular formula is C30H26FN3OS. The van der Waals surface area contributed by atoms with E-state index in [4.69, 9.17) is 4.99 Å². The molecule has 1 aliphatic rings. The van der Waals surface area contributed by atoms with E-state index >= 15 is 0 Å². The molecule has 0 bridgehead atoms. The number of carbonyl (C=O) groups is 1. The Morgan fingerprint density at radius 3 is 2.44 bits per heavy atom. The molecule has 0 saturated carbocycles. The molecule has 4 nitrogen and oxygen atoms in total. The summed E-state index contributed by atoms with van der Waals surface area (Å²) in [5.74, 6) is -0.479. The minimum Gasteiger partial charge on any atom is -0.366 e. The standard InChI is InChI=1S/C30H26FN3OS/c1-3-20-8-15-24(16-9-20)32-19(2)33-30(35)22-12-17-28-26(18-22)34-29(21-10-13-23(31)14-11-21)25-6-4-5-7-27(25)36-28/h4-19,32H,3H2,1-2H3,(H,33,35). The topological polar surface area (TPSA) is 53.5 Å². The Bertz CT molecular complexity index is 1430.